The van der Waals surface area contributed by atoms with E-state index in [0.717, 1.165) is 28.8 Å². The third-order valence-electron chi connectivity index (χ3n) is 3.51. The van der Waals surface area contributed by atoms with Crippen LogP contribution in [0.15, 0.2) is 16.6 Å². The van der Waals surface area contributed by atoms with Crippen molar-refractivity contribution in [2.24, 2.45) is 0 Å². The second-order valence-electron chi connectivity index (χ2n) is 5.51. The molecule has 0 saturated carbocycles. The predicted molar refractivity (Wildman–Crippen MR) is 86.7 cm³/mol. The van der Waals surface area contributed by atoms with Crippen LogP contribution in [-0.2, 0) is 0 Å². The van der Waals surface area contributed by atoms with Gasteiger partial charge in [-0.3, -0.25) is 0 Å². The van der Waals surface area contributed by atoms with Gasteiger partial charge in [0.05, 0.1) is 5.69 Å². The van der Waals surface area contributed by atoms with Crippen molar-refractivity contribution >= 4 is 39.1 Å². The Kier molecular flexibility index (Phi) is 4.17. The van der Waals surface area contributed by atoms with Gasteiger partial charge >= 0.3 is 0 Å². The van der Waals surface area contributed by atoms with Crippen molar-refractivity contribution in [3.63, 3.8) is 0 Å². The number of hydrogen-bond acceptors (Lipinski definition) is 3. The molecule has 1 heterocycles. The molecule has 4 heteroatoms. The molecule has 1 aromatic carbocycles. The minimum absolute atomic E-state index is 0.393. The van der Waals surface area contributed by atoms with Gasteiger partial charge in [-0.2, -0.15) is 11.8 Å². The maximum absolute atomic E-state index is 5.94. The van der Waals surface area contributed by atoms with Gasteiger partial charge in [-0.05, 0) is 47.0 Å². The van der Waals surface area contributed by atoms with Gasteiger partial charge in [0.15, 0.2) is 0 Å². The van der Waals surface area contributed by atoms with E-state index in [0.29, 0.717) is 4.75 Å². The Labute approximate surface area is 122 Å². The van der Waals surface area contributed by atoms with E-state index in [4.69, 9.17) is 5.73 Å². The molecular formula is C14H21BrN2S. The Bertz CT molecular complexity index is 446. The van der Waals surface area contributed by atoms with Gasteiger partial charge in [0, 0.05) is 33.7 Å². The van der Waals surface area contributed by atoms with E-state index in [1.54, 1.807) is 0 Å². The smallest absolute Gasteiger partial charge is 0.0515 e. The fraction of sp³-hybridized carbons (Fsp3) is 0.571. The molecule has 1 fully saturated rings. The number of aryl methyl sites for hydroxylation is 1. The maximum atomic E-state index is 5.94. The Morgan fingerprint density at radius 2 is 2.06 bits per heavy atom. The largest absolute Gasteiger partial charge is 0.398 e. The molecule has 2 nitrogen and oxygen atoms in total. The Balaban J connectivity index is 2.24. The molecule has 100 valence electrons. The Hall–Kier alpha value is -0.350. The first-order valence-electron chi connectivity index (χ1n) is 6.33. The van der Waals surface area contributed by atoms with Crippen molar-refractivity contribution < 1.29 is 0 Å². The van der Waals surface area contributed by atoms with E-state index in [2.05, 4.69) is 59.4 Å². The molecule has 1 aliphatic heterocycles. The van der Waals surface area contributed by atoms with Gasteiger partial charge < -0.3 is 10.6 Å². The summed E-state index contributed by atoms with van der Waals surface area (Å²) in [5, 5.41) is 0. The second-order valence-corrected chi connectivity index (χ2v) is 8.16. The first kappa shape index (κ1) is 14.1. The molecule has 0 spiro atoms. The standard InChI is InChI=1S/C14H21BrN2S/c1-10-8-13(11(15)9-12(10)16)17-5-4-14(2,3)18-7-6-17/h8-9H,4-7,16H2,1-3H3. The van der Waals surface area contributed by atoms with Crippen molar-refractivity contribution in [1.82, 2.24) is 0 Å². The van der Waals surface area contributed by atoms with Gasteiger partial charge in [-0.15, -0.1) is 0 Å². The van der Waals surface area contributed by atoms with Crippen molar-refractivity contribution in [2.75, 3.05) is 29.5 Å². The molecule has 0 unspecified atom stereocenters. The average Bonchev–Trinajstić information content (AvgIpc) is 2.45. The van der Waals surface area contributed by atoms with Crippen LogP contribution in [0.2, 0.25) is 0 Å². The highest BCUT2D eigenvalue weighted by molar-refractivity contribution is 9.10. The summed E-state index contributed by atoms with van der Waals surface area (Å²) in [6.45, 7) is 8.97. The molecule has 1 saturated heterocycles. The third kappa shape index (κ3) is 3.15. The number of rotatable bonds is 1. The quantitative estimate of drug-likeness (QED) is 0.788. The number of thioether (sulfide) groups is 1. The highest BCUT2D eigenvalue weighted by Crippen LogP contribution is 2.36. The third-order valence-corrected chi connectivity index (χ3v) is 5.52. The van der Waals surface area contributed by atoms with E-state index < -0.39 is 0 Å². The normalized spacial score (nSPS) is 19.7. The number of hydrogen-bond donors (Lipinski definition) is 1. The lowest BCUT2D eigenvalue weighted by atomic mass is 10.1. The van der Waals surface area contributed by atoms with E-state index in [9.17, 15) is 0 Å². The maximum Gasteiger partial charge on any atom is 0.0515 e. The number of halogens is 1. The van der Waals surface area contributed by atoms with E-state index >= 15 is 0 Å². The lowest BCUT2D eigenvalue weighted by molar-refractivity contribution is 0.637. The predicted octanol–water partition coefficient (Wildman–Crippen LogP) is 4.06. The van der Waals surface area contributed by atoms with Crippen LogP contribution in [0.3, 0.4) is 0 Å². The summed E-state index contributed by atoms with van der Waals surface area (Å²) in [5.74, 6) is 1.18. The molecule has 2 rings (SSSR count). The molecule has 0 radical (unpaired) electrons. The summed E-state index contributed by atoms with van der Waals surface area (Å²) in [7, 11) is 0. The lowest BCUT2D eigenvalue weighted by Gasteiger charge is -2.26. The molecule has 0 bridgehead atoms. The minimum Gasteiger partial charge on any atom is -0.398 e. The van der Waals surface area contributed by atoms with E-state index in [1.807, 2.05) is 6.07 Å². The summed E-state index contributed by atoms with van der Waals surface area (Å²) < 4.78 is 1.50. The van der Waals surface area contributed by atoms with Crippen molar-refractivity contribution in [1.29, 1.82) is 0 Å². The molecular weight excluding hydrogens is 308 g/mol. The summed E-state index contributed by atoms with van der Waals surface area (Å²) in [4.78, 5) is 2.47. The molecule has 18 heavy (non-hydrogen) atoms. The zero-order valence-electron chi connectivity index (χ0n) is 11.3. The number of nitrogens with two attached hydrogens (primary N) is 1. The molecule has 1 aliphatic rings. The van der Waals surface area contributed by atoms with Crippen LogP contribution in [0.4, 0.5) is 11.4 Å². The van der Waals surface area contributed by atoms with Gasteiger partial charge in [0.2, 0.25) is 0 Å². The fourth-order valence-corrected chi connectivity index (χ4v) is 3.90. The zero-order chi connectivity index (χ0) is 13.3. The minimum atomic E-state index is 0.393. The molecule has 0 amide bonds. The van der Waals surface area contributed by atoms with Crippen molar-refractivity contribution in [3.05, 3.63) is 22.2 Å². The van der Waals surface area contributed by atoms with Crippen molar-refractivity contribution in [2.45, 2.75) is 31.9 Å². The molecule has 1 aromatic rings. The van der Waals surface area contributed by atoms with Crippen LogP contribution < -0.4 is 10.6 Å². The monoisotopic (exact) mass is 328 g/mol. The number of anilines is 2. The molecule has 0 atom stereocenters. The average molecular weight is 329 g/mol. The number of benzene rings is 1. The Morgan fingerprint density at radius 1 is 1.33 bits per heavy atom. The summed E-state index contributed by atoms with van der Waals surface area (Å²) >= 11 is 5.71. The highest BCUT2D eigenvalue weighted by Gasteiger charge is 2.24. The van der Waals surface area contributed by atoms with Crippen LogP contribution in [-0.4, -0.2) is 23.6 Å². The van der Waals surface area contributed by atoms with Crippen molar-refractivity contribution in [3.8, 4) is 0 Å². The van der Waals surface area contributed by atoms with Gasteiger partial charge in [-0.1, -0.05) is 13.8 Å². The summed E-state index contributed by atoms with van der Waals surface area (Å²) in [6, 6.07) is 4.22. The Morgan fingerprint density at radius 3 is 2.78 bits per heavy atom. The molecule has 0 aromatic heterocycles. The van der Waals surface area contributed by atoms with Crippen LogP contribution in [0.1, 0.15) is 25.8 Å². The van der Waals surface area contributed by atoms with Crippen LogP contribution in [0.25, 0.3) is 0 Å². The highest BCUT2D eigenvalue weighted by atomic mass is 79.9. The van der Waals surface area contributed by atoms with Crippen LogP contribution in [0, 0.1) is 6.92 Å². The first-order valence-corrected chi connectivity index (χ1v) is 8.11. The number of nitrogens with zero attached hydrogens (tertiary/aromatic N) is 1. The van der Waals surface area contributed by atoms with Crippen LogP contribution in [0.5, 0.6) is 0 Å². The van der Waals surface area contributed by atoms with Gasteiger partial charge in [0.1, 0.15) is 0 Å². The fourth-order valence-electron chi connectivity index (χ4n) is 2.19. The van der Waals surface area contributed by atoms with Gasteiger partial charge in [0.25, 0.3) is 0 Å². The van der Waals surface area contributed by atoms with Crippen LogP contribution >= 0.6 is 27.7 Å². The van der Waals surface area contributed by atoms with E-state index in [1.165, 1.54) is 17.9 Å². The summed E-state index contributed by atoms with van der Waals surface area (Å²) in [6.07, 6.45) is 1.22. The van der Waals surface area contributed by atoms with Gasteiger partial charge in [-0.25, -0.2) is 0 Å². The molecule has 0 aliphatic carbocycles. The summed E-state index contributed by atoms with van der Waals surface area (Å²) in [5.41, 5.74) is 9.23. The molecule has 2 N–H and O–H groups in total. The zero-order valence-corrected chi connectivity index (χ0v) is 13.7. The second kappa shape index (κ2) is 5.33. The lowest BCUT2D eigenvalue weighted by Crippen LogP contribution is -2.27. The SMILES string of the molecule is Cc1cc(N2CCSC(C)(C)CC2)c(Br)cc1N. The first-order chi connectivity index (χ1) is 8.39. The topological polar surface area (TPSA) is 29.3 Å². The number of nitrogen functional groups attached to an aromatic ring is 1. The van der Waals surface area contributed by atoms with E-state index in [-0.39, 0.29) is 0 Å².